The fourth-order valence-corrected chi connectivity index (χ4v) is 2.32. The number of carbonyl (C=O) groups excluding carboxylic acids is 2. The normalized spacial score (nSPS) is 13.5. The van der Waals surface area contributed by atoms with Crippen molar-refractivity contribution in [2.75, 3.05) is 4.90 Å². The van der Waals surface area contributed by atoms with Gasteiger partial charge in [0.1, 0.15) is 0 Å². The molecule has 6 heteroatoms. The Morgan fingerprint density at radius 3 is 2.57 bits per heavy atom. The van der Waals surface area contributed by atoms with E-state index >= 15 is 0 Å². The number of carbonyl (C=O) groups is 3. The summed E-state index contributed by atoms with van der Waals surface area (Å²) in [4.78, 5) is 40.7. The third kappa shape index (κ3) is 1.88. The molecule has 0 radical (unpaired) electrons. The van der Waals surface area contributed by atoms with Crippen molar-refractivity contribution in [3.05, 3.63) is 58.9 Å². The molecule has 0 saturated carbocycles. The summed E-state index contributed by atoms with van der Waals surface area (Å²) in [5.41, 5.74) is 1.23. The van der Waals surface area contributed by atoms with Gasteiger partial charge in [-0.15, -0.1) is 0 Å². The molecule has 0 spiro atoms. The van der Waals surface area contributed by atoms with Crippen molar-refractivity contribution in [2.24, 2.45) is 0 Å². The molecule has 0 fully saturated rings. The number of carboxylic acid groups (broad SMARTS) is 1. The molecule has 0 saturated heterocycles. The van der Waals surface area contributed by atoms with Gasteiger partial charge in [0.25, 0.3) is 11.8 Å². The Balaban J connectivity index is 2.17. The van der Waals surface area contributed by atoms with E-state index in [1.165, 1.54) is 18.5 Å². The molecule has 104 valence electrons. The molecule has 0 unspecified atom stereocenters. The number of carboxylic acids is 1. The van der Waals surface area contributed by atoms with E-state index in [0.717, 1.165) is 10.5 Å². The number of amides is 2. The number of anilines is 1. The minimum Gasteiger partial charge on any atom is -0.478 e. The monoisotopic (exact) mass is 282 g/mol. The molecule has 2 heterocycles. The second kappa shape index (κ2) is 4.52. The summed E-state index contributed by atoms with van der Waals surface area (Å²) in [5.74, 6) is -2.29. The molecule has 0 atom stereocenters. The molecule has 1 N–H and O–H groups in total. The van der Waals surface area contributed by atoms with E-state index in [2.05, 4.69) is 4.98 Å². The molecular weight excluding hydrogens is 272 g/mol. The number of hydrogen-bond acceptors (Lipinski definition) is 4. The number of fused-ring (bicyclic) bond motifs is 1. The van der Waals surface area contributed by atoms with Crippen LogP contribution < -0.4 is 4.90 Å². The molecule has 1 aliphatic rings. The van der Waals surface area contributed by atoms with Gasteiger partial charge in [-0.1, -0.05) is 11.6 Å². The lowest BCUT2D eigenvalue weighted by Crippen LogP contribution is -2.31. The van der Waals surface area contributed by atoms with Gasteiger partial charge in [0.05, 0.1) is 28.6 Å². The summed E-state index contributed by atoms with van der Waals surface area (Å²) in [6.07, 6.45) is 2.51. The first-order chi connectivity index (χ1) is 10.0. The number of pyridine rings is 1. The van der Waals surface area contributed by atoms with Gasteiger partial charge >= 0.3 is 5.97 Å². The minimum absolute atomic E-state index is 0.0196. The van der Waals surface area contributed by atoms with Crippen LogP contribution in [-0.2, 0) is 0 Å². The first-order valence-electron chi connectivity index (χ1n) is 6.17. The van der Waals surface area contributed by atoms with Crippen LogP contribution in [0.15, 0.2) is 36.7 Å². The van der Waals surface area contributed by atoms with Crippen LogP contribution in [0.4, 0.5) is 5.69 Å². The smallest absolute Gasteiger partial charge is 0.337 e. The van der Waals surface area contributed by atoms with Gasteiger partial charge in [0.2, 0.25) is 0 Å². The minimum atomic E-state index is -1.22. The molecule has 2 amide bonds. The van der Waals surface area contributed by atoms with Crippen LogP contribution in [0.1, 0.15) is 36.6 Å². The highest BCUT2D eigenvalue weighted by Gasteiger charge is 2.38. The van der Waals surface area contributed by atoms with E-state index in [-0.39, 0.29) is 22.4 Å². The maximum Gasteiger partial charge on any atom is 0.337 e. The van der Waals surface area contributed by atoms with Crippen molar-refractivity contribution in [3.8, 4) is 0 Å². The molecule has 1 aromatic carbocycles. The molecule has 2 aromatic rings. The van der Waals surface area contributed by atoms with Crippen LogP contribution >= 0.6 is 0 Å². The zero-order chi connectivity index (χ0) is 15.1. The van der Waals surface area contributed by atoms with Crippen LogP contribution in [0, 0.1) is 6.92 Å². The van der Waals surface area contributed by atoms with Gasteiger partial charge in [0, 0.05) is 6.20 Å². The number of imide groups is 1. The zero-order valence-electron chi connectivity index (χ0n) is 11.0. The molecule has 21 heavy (non-hydrogen) atoms. The standard InChI is InChI=1S/C15H10N2O4/c1-8-2-3-9-11(6-8)14(19)17(13(9)18)12-7-16-5-4-10(12)15(20)21/h2-7H,1H3,(H,20,21). The first-order valence-corrected chi connectivity index (χ1v) is 6.17. The SMILES string of the molecule is Cc1ccc2c(c1)C(=O)N(c1cnccc1C(=O)O)C2=O. The molecule has 0 aliphatic carbocycles. The lowest BCUT2D eigenvalue weighted by atomic mass is 10.1. The maximum absolute atomic E-state index is 12.4. The van der Waals surface area contributed by atoms with Gasteiger partial charge in [-0.3, -0.25) is 14.6 Å². The largest absolute Gasteiger partial charge is 0.478 e. The van der Waals surface area contributed by atoms with Crippen molar-refractivity contribution in [2.45, 2.75) is 6.92 Å². The number of rotatable bonds is 2. The number of hydrogen-bond donors (Lipinski definition) is 1. The van der Waals surface area contributed by atoms with Crippen molar-refractivity contribution in [3.63, 3.8) is 0 Å². The van der Waals surface area contributed by atoms with Gasteiger partial charge in [0.15, 0.2) is 0 Å². The number of nitrogens with zero attached hydrogens (tertiary/aromatic N) is 2. The average Bonchev–Trinajstić information content (AvgIpc) is 2.70. The average molecular weight is 282 g/mol. The summed E-state index contributed by atoms with van der Waals surface area (Å²) in [5, 5.41) is 9.18. The molecule has 1 aromatic heterocycles. The molecule has 0 bridgehead atoms. The number of aromatic nitrogens is 1. The maximum atomic E-state index is 12.4. The predicted octanol–water partition coefficient (Wildman–Crippen LogP) is 1.89. The van der Waals surface area contributed by atoms with Crippen LogP contribution in [0.3, 0.4) is 0 Å². The van der Waals surface area contributed by atoms with Gasteiger partial charge in [-0.2, -0.15) is 0 Å². The van der Waals surface area contributed by atoms with E-state index in [1.807, 2.05) is 6.92 Å². The van der Waals surface area contributed by atoms with Crippen molar-refractivity contribution in [1.29, 1.82) is 0 Å². The van der Waals surface area contributed by atoms with Crippen LogP contribution in [-0.4, -0.2) is 27.9 Å². The molecule has 6 nitrogen and oxygen atoms in total. The third-order valence-electron chi connectivity index (χ3n) is 3.31. The summed E-state index contributed by atoms with van der Waals surface area (Å²) in [6, 6.07) is 6.18. The molecule has 1 aliphatic heterocycles. The van der Waals surface area contributed by atoms with Crippen molar-refractivity contribution >= 4 is 23.5 Å². The van der Waals surface area contributed by atoms with Crippen molar-refractivity contribution in [1.82, 2.24) is 4.98 Å². The summed E-state index contributed by atoms with van der Waals surface area (Å²) in [6.45, 7) is 1.81. The zero-order valence-corrected chi connectivity index (χ0v) is 11.0. The Morgan fingerprint density at radius 1 is 1.14 bits per heavy atom. The van der Waals surface area contributed by atoms with Crippen LogP contribution in [0.25, 0.3) is 0 Å². The fraction of sp³-hybridized carbons (Fsp3) is 0.0667. The molecular formula is C15H10N2O4. The summed E-state index contributed by atoms with van der Waals surface area (Å²) < 4.78 is 0. The number of benzene rings is 1. The quantitative estimate of drug-likeness (QED) is 0.850. The Morgan fingerprint density at radius 2 is 1.86 bits per heavy atom. The van der Waals surface area contributed by atoms with E-state index < -0.39 is 17.8 Å². The van der Waals surface area contributed by atoms with Crippen molar-refractivity contribution < 1.29 is 19.5 Å². The van der Waals surface area contributed by atoms with Crippen LogP contribution in [0.2, 0.25) is 0 Å². The topological polar surface area (TPSA) is 87.6 Å². The first kappa shape index (κ1) is 13.0. The van der Waals surface area contributed by atoms with Gasteiger partial charge in [-0.05, 0) is 25.1 Å². The number of aryl methyl sites for hydroxylation is 1. The Bertz CT molecular complexity index is 798. The molecule has 3 rings (SSSR count). The fourth-order valence-electron chi connectivity index (χ4n) is 2.32. The van der Waals surface area contributed by atoms with Gasteiger partial charge in [-0.25, -0.2) is 9.69 Å². The Labute approximate surface area is 119 Å². The highest BCUT2D eigenvalue weighted by Crippen LogP contribution is 2.30. The third-order valence-corrected chi connectivity index (χ3v) is 3.31. The second-order valence-corrected chi connectivity index (χ2v) is 4.69. The predicted molar refractivity (Wildman–Crippen MR) is 73.5 cm³/mol. The highest BCUT2D eigenvalue weighted by atomic mass is 16.4. The van der Waals surface area contributed by atoms with E-state index in [1.54, 1.807) is 18.2 Å². The summed E-state index contributed by atoms with van der Waals surface area (Å²) >= 11 is 0. The van der Waals surface area contributed by atoms with Gasteiger partial charge < -0.3 is 5.11 Å². The second-order valence-electron chi connectivity index (χ2n) is 4.69. The Kier molecular flexibility index (Phi) is 2.79. The lowest BCUT2D eigenvalue weighted by molar-refractivity contribution is 0.0697. The number of aromatic carboxylic acids is 1. The highest BCUT2D eigenvalue weighted by molar-refractivity contribution is 6.35. The van der Waals surface area contributed by atoms with Crippen LogP contribution in [0.5, 0.6) is 0 Å². The van der Waals surface area contributed by atoms with E-state index in [9.17, 15) is 19.5 Å². The van der Waals surface area contributed by atoms with E-state index in [0.29, 0.717) is 0 Å². The lowest BCUT2D eigenvalue weighted by Gasteiger charge is -2.15. The Hall–Kier alpha value is -3.02. The summed E-state index contributed by atoms with van der Waals surface area (Å²) in [7, 11) is 0. The van der Waals surface area contributed by atoms with E-state index in [4.69, 9.17) is 0 Å².